The van der Waals surface area contributed by atoms with Crippen molar-refractivity contribution in [1.82, 2.24) is 10.0 Å². The van der Waals surface area contributed by atoms with Crippen LogP contribution < -0.4 is 10.0 Å². The molecule has 0 aromatic heterocycles. The minimum atomic E-state index is -3.16. The SMILES string of the molecule is C[C@H](NS(=O)(=O)CCCCNC(C)(C)C)C(C)(C)C. The molecule has 0 saturated carbocycles. The number of rotatable bonds is 7. The van der Waals surface area contributed by atoms with Gasteiger partial charge in [0.2, 0.25) is 10.0 Å². The number of sulfonamides is 1. The first kappa shape index (κ1) is 18.9. The summed E-state index contributed by atoms with van der Waals surface area (Å²) in [5.41, 5.74) is 0.0404. The van der Waals surface area contributed by atoms with E-state index in [1.54, 1.807) is 0 Å². The Bertz CT molecular complexity index is 351. The van der Waals surface area contributed by atoms with Crippen molar-refractivity contribution in [3.63, 3.8) is 0 Å². The van der Waals surface area contributed by atoms with E-state index < -0.39 is 10.0 Å². The van der Waals surface area contributed by atoms with Gasteiger partial charge in [0.1, 0.15) is 0 Å². The van der Waals surface area contributed by atoms with Crippen molar-refractivity contribution in [1.29, 1.82) is 0 Å². The van der Waals surface area contributed by atoms with Gasteiger partial charge in [-0.1, -0.05) is 20.8 Å². The van der Waals surface area contributed by atoms with Crippen LogP contribution in [0.25, 0.3) is 0 Å². The molecule has 116 valence electrons. The number of unbranched alkanes of at least 4 members (excludes halogenated alkanes) is 1. The van der Waals surface area contributed by atoms with Gasteiger partial charge in [0.15, 0.2) is 0 Å². The van der Waals surface area contributed by atoms with Crippen LogP contribution in [-0.4, -0.2) is 32.3 Å². The molecular formula is C14H32N2O2S. The standard InChI is InChI=1S/C14H32N2O2S/c1-12(13(2,3)4)16-19(17,18)11-9-8-10-15-14(5,6)7/h12,15-16H,8-11H2,1-7H3/t12-/m0/s1. The summed E-state index contributed by atoms with van der Waals surface area (Å²) in [4.78, 5) is 0. The molecular weight excluding hydrogens is 260 g/mol. The Morgan fingerprint density at radius 3 is 1.95 bits per heavy atom. The van der Waals surface area contributed by atoms with Crippen LogP contribution in [0.4, 0.5) is 0 Å². The zero-order chi connectivity index (χ0) is 15.3. The van der Waals surface area contributed by atoms with Gasteiger partial charge in [-0.25, -0.2) is 13.1 Å². The number of hydrogen-bond donors (Lipinski definition) is 2. The van der Waals surface area contributed by atoms with Crippen LogP contribution in [0.15, 0.2) is 0 Å². The van der Waals surface area contributed by atoms with Gasteiger partial charge in [-0.05, 0) is 52.5 Å². The largest absolute Gasteiger partial charge is 0.312 e. The quantitative estimate of drug-likeness (QED) is 0.709. The molecule has 0 aliphatic carbocycles. The van der Waals surface area contributed by atoms with Crippen molar-refractivity contribution in [3.8, 4) is 0 Å². The molecule has 4 nitrogen and oxygen atoms in total. The van der Waals surface area contributed by atoms with Crippen molar-refractivity contribution < 1.29 is 8.42 Å². The maximum atomic E-state index is 11.9. The Hall–Kier alpha value is -0.130. The summed E-state index contributed by atoms with van der Waals surface area (Å²) >= 11 is 0. The molecule has 0 spiro atoms. The Labute approximate surface area is 119 Å². The first-order valence-corrected chi connectivity index (χ1v) is 8.74. The van der Waals surface area contributed by atoms with Gasteiger partial charge in [-0.3, -0.25) is 0 Å². The Kier molecular flexibility index (Phi) is 7.00. The average molecular weight is 292 g/mol. The summed E-state index contributed by atoms with van der Waals surface area (Å²) < 4.78 is 26.6. The van der Waals surface area contributed by atoms with Gasteiger partial charge in [0.25, 0.3) is 0 Å². The van der Waals surface area contributed by atoms with E-state index in [1.807, 2.05) is 27.7 Å². The molecule has 0 saturated heterocycles. The molecule has 0 aromatic carbocycles. The van der Waals surface area contributed by atoms with E-state index in [2.05, 4.69) is 30.8 Å². The molecule has 0 amide bonds. The molecule has 0 aliphatic heterocycles. The summed E-state index contributed by atoms with van der Waals surface area (Å²) in [5.74, 6) is 0.208. The summed E-state index contributed by atoms with van der Waals surface area (Å²) in [7, 11) is -3.16. The van der Waals surface area contributed by atoms with E-state index in [1.165, 1.54) is 0 Å². The molecule has 0 aromatic rings. The van der Waals surface area contributed by atoms with Crippen LogP contribution in [0, 0.1) is 5.41 Å². The molecule has 0 aliphatic rings. The summed E-state index contributed by atoms with van der Waals surface area (Å²) in [6, 6.07) is -0.0507. The normalized spacial score (nSPS) is 15.5. The molecule has 0 rings (SSSR count). The first-order chi connectivity index (χ1) is 8.33. The minimum Gasteiger partial charge on any atom is -0.312 e. The second-order valence-corrected chi connectivity index (χ2v) is 9.28. The van der Waals surface area contributed by atoms with E-state index in [0.717, 1.165) is 13.0 Å². The number of hydrogen-bond acceptors (Lipinski definition) is 3. The highest BCUT2D eigenvalue weighted by Crippen LogP contribution is 2.19. The van der Waals surface area contributed by atoms with Gasteiger partial charge in [0, 0.05) is 11.6 Å². The van der Waals surface area contributed by atoms with Crippen LogP contribution in [0.1, 0.15) is 61.3 Å². The fraction of sp³-hybridized carbons (Fsp3) is 1.00. The summed E-state index contributed by atoms with van der Waals surface area (Å²) in [5, 5.41) is 3.36. The lowest BCUT2D eigenvalue weighted by Gasteiger charge is -2.27. The molecule has 19 heavy (non-hydrogen) atoms. The second-order valence-electron chi connectivity index (χ2n) is 7.41. The van der Waals surface area contributed by atoms with Crippen molar-refractivity contribution in [2.24, 2.45) is 5.41 Å². The van der Waals surface area contributed by atoms with Gasteiger partial charge < -0.3 is 5.32 Å². The highest BCUT2D eigenvalue weighted by atomic mass is 32.2. The fourth-order valence-corrected chi connectivity index (χ4v) is 2.98. The smallest absolute Gasteiger partial charge is 0.211 e. The highest BCUT2D eigenvalue weighted by Gasteiger charge is 2.24. The highest BCUT2D eigenvalue weighted by molar-refractivity contribution is 7.89. The maximum Gasteiger partial charge on any atom is 0.211 e. The molecule has 0 heterocycles. The maximum absolute atomic E-state index is 11.9. The van der Waals surface area contributed by atoms with E-state index in [9.17, 15) is 8.42 Å². The Morgan fingerprint density at radius 1 is 1.00 bits per heavy atom. The van der Waals surface area contributed by atoms with Crippen molar-refractivity contribution in [2.75, 3.05) is 12.3 Å². The van der Waals surface area contributed by atoms with Crippen molar-refractivity contribution in [2.45, 2.75) is 72.9 Å². The second kappa shape index (κ2) is 7.04. The molecule has 2 N–H and O–H groups in total. The van der Waals surface area contributed by atoms with E-state index >= 15 is 0 Å². The van der Waals surface area contributed by atoms with Gasteiger partial charge in [-0.2, -0.15) is 0 Å². The Morgan fingerprint density at radius 2 is 1.53 bits per heavy atom. The lowest BCUT2D eigenvalue weighted by Crippen LogP contribution is -2.42. The predicted molar refractivity (Wildman–Crippen MR) is 82.8 cm³/mol. The third-order valence-corrected chi connectivity index (χ3v) is 4.69. The minimum absolute atomic E-state index is 0.0507. The van der Waals surface area contributed by atoms with Crippen LogP contribution in [0.2, 0.25) is 0 Å². The van der Waals surface area contributed by atoms with Gasteiger partial charge in [0.05, 0.1) is 5.75 Å². The van der Waals surface area contributed by atoms with Crippen LogP contribution in [-0.2, 0) is 10.0 Å². The van der Waals surface area contributed by atoms with E-state index in [0.29, 0.717) is 6.42 Å². The van der Waals surface area contributed by atoms with E-state index in [-0.39, 0.29) is 22.7 Å². The lowest BCUT2D eigenvalue weighted by atomic mass is 9.89. The molecule has 0 unspecified atom stereocenters. The van der Waals surface area contributed by atoms with Crippen molar-refractivity contribution >= 4 is 10.0 Å². The zero-order valence-corrected chi connectivity index (χ0v) is 14.4. The molecule has 0 bridgehead atoms. The monoisotopic (exact) mass is 292 g/mol. The molecule has 0 fully saturated rings. The van der Waals surface area contributed by atoms with Crippen LogP contribution in [0.5, 0.6) is 0 Å². The fourth-order valence-electron chi connectivity index (χ4n) is 1.39. The van der Waals surface area contributed by atoms with Gasteiger partial charge >= 0.3 is 0 Å². The summed E-state index contributed by atoms with van der Waals surface area (Å²) in [6.07, 6.45) is 1.57. The molecule has 1 atom stereocenters. The third-order valence-electron chi connectivity index (χ3n) is 3.15. The third kappa shape index (κ3) is 10.3. The number of nitrogens with one attached hydrogen (secondary N) is 2. The lowest BCUT2D eigenvalue weighted by molar-refractivity contribution is 0.317. The Balaban J connectivity index is 4.00. The first-order valence-electron chi connectivity index (χ1n) is 7.08. The zero-order valence-electron chi connectivity index (χ0n) is 13.6. The van der Waals surface area contributed by atoms with Crippen LogP contribution >= 0.6 is 0 Å². The molecule has 5 heteroatoms. The summed E-state index contributed by atoms with van der Waals surface area (Å²) in [6.45, 7) is 15.2. The average Bonchev–Trinajstić information content (AvgIpc) is 2.12. The van der Waals surface area contributed by atoms with Crippen molar-refractivity contribution in [3.05, 3.63) is 0 Å². The topological polar surface area (TPSA) is 58.2 Å². The van der Waals surface area contributed by atoms with Crippen LogP contribution in [0.3, 0.4) is 0 Å². The molecule has 0 radical (unpaired) electrons. The predicted octanol–water partition coefficient (Wildman–Crippen LogP) is 2.51. The van der Waals surface area contributed by atoms with E-state index in [4.69, 9.17) is 0 Å². The van der Waals surface area contributed by atoms with Gasteiger partial charge in [-0.15, -0.1) is 0 Å².